The lowest BCUT2D eigenvalue weighted by Crippen LogP contribution is -2.42. The lowest BCUT2D eigenvalue weighted by molar-refractivity contribution is -0.222. The Morgan fingerprint density at radius 3 is 2.15 bits per heavy atom. The van der Waals surface area contributed by atoms with Crippen LogP contribution in [0.15, 0.2) is 23.9 Å². The minimum absolute atomic E-state index is 0.233. The van der Waals surface area contributed by atoms with Gasteiger partial charge in [-0.15, -0.1) is 10.2 Å². The normalized spacial score (nSPS) is 17.1. The predicted octanol–water partition coefficient (Wildman–Crippen LogP) is 0.650. The molecule has 8 nitrogen and oxygen atoms in total. The third-order valence-electron chi connectivity index (χ3n) is 2.40. The van der Waals surface area contributed by atoms with E-state index in [1.165, 1.54) is 20.0 Å². The molecule has 1 aliphatic heterocycles. The third kappa shape index (κ3) is 3.02. The number of ether oxygens (including phenoxy) is 2. The fourth-order valence-corrected chi connectivity index (χ4v) is 1.47. The highest BCUT2D eigenvalue weighted by molar-refractivity contribution is 6.15. The number of cyclic esters (lactones) is 2. The Morgan fingerprint density at radius 2 is 1.65 bits per heavy atom. The standard InChI is InChI=1S/C12H14N4O4/c1-12(2)19-10(17)7(11(18)20-12)6-14-9-5-4-8(13-3)15-16-9/h4-6H,1-3H3,(H,13,15)(H,14,16). The van der Waals surface area contributed by atoms with Crippen LogP contribution < -0.4 is 10.6 Å². The number of hydrogen-bond donors (Lipinski definition) is 2. The Morgan fingerprint density at radius 1 is 1.10 bits per heavy atom. The molecule has 0 spiro atoms. The summed E-state index contributed by atoms with van der Waals surface area (Å²) < 4.78 is 9.89. The van der Waals surface area contributed by atoms with Crippen molar-refractivity contribution in [1.82, 2.24) is 10.2 Å². The van der Waals surface area contributed by atoms with Crippen molar-refractivity contribution >= 4 is 23.6 Å². The second-order valence-corrected chi connectivity index (χ2v) is 4.44. The zero-order valence-corrected chi connectivity index (χ0v) is 11.3. The SMILES string of the molecule is CNc1ccc(NC=C2C(=O)OC(C)(C)OC2=O)nn1. The highest BCUT2D eigenvalue weighted by atomic mass is 16.7. The Labute approximate surface area is 115 Å². The summed E-state index contributed by atoms with van der Waals surface area (Å²) in [6.45, 7) is 2.96. The van der Waals surface area contributed by atoms with Crippen molar-refractivity contribution in [3.05, 3.63) is 23.9 Å². The number of nitrogens with one attached hydrogen (secondary N) is 2. The lowest BCUT2D eigenvalue weighted by atomic mass is 10.2. The Hall–Kier alpha value is -2.64. The molecule has 0 bridgehead atoms. The molecule has 0 atom stereocenters. The van der Waals surface area contributed by atoms with Gasteiger partial charge in [0.15, 0.2) is 11.4 Å². The van der Waals surface area contributed by atoms with Crippen molar-refractivity contribution in [3.63, 3.8) is 0 Å². The van der Waals surface area contributed by atoms with Crippen LogP contribution in [0.2, 0.25) is 0 Å². The fourth-order valence-electron chi connectivity index (χ4n) is 1.47. The Kier molecular flexibility index (Phi) is 3.55. The average molecular weight is 278 g/mol. The summed E-state index contributed by atoms with van der Waals surface area (Å²) in [4.78, 5) is 23.3. The molecule has 1 aromatic heterocycles. The zero-order chi connectivity index (χ0) is 14.8. The number of rotatable bonds is 3. The van der Waals surface area contributed by atoms with Crippen molar-refractivity contribution in [3.8, 4) is 0 Å². The molecule has 1 fully saturated rings. The molecule has 0 aromatic carbocycles. The van der Waals surface area contributed by atoms with E-state index in [-0.39, 0.29) is 5.57 Å². The lowest BCUT2D eigenvalue weighted by Gasteiger charge is -2.29. The van der Waals surface area contributed by atoms with Crippen LogP contribution in [0.4, 0.5) is 11.6 Å². The molecule has 0 aliphatic carbocycles. The van der Waals surface area contributed by atoms with Crippen LogP contribution in [0.1, 0.15) is 13.8 Å². The van der Waals surface area contributed by atoms with E-state index in [0.717, 1.165) is 0 Å². The second-order valence-electron chi connectivity index (χ2n) is 4.44. The van der Waals surface area contributed by atoms with E-state index in [1.807, 2.05) is 0 Å². The van der Waals surface area contributed by atoms with Crippen LogP contribution in [0.25, 0.3) is 0 Å². The summed E-state index contributed by atoms with van der Waals surface area (Å²) in [6, 6.07) is 3.33. The number of nitrogens with zero attached hydrogens (tertiary/aromatic N) is 2. The Bertz CT molecular complexity index is 543. The summed E-state index contributed by atoms with van der Waals surface area (Å²) in [6.07, 6.45) is 1.18. The third-order valence-corrected chi connectivity index (χ3v) is 2.40. The number of hydrogen-bond acceptors (Lipinski definition) is 8. The van der Waals surface area contributed by atoms with Gasteiger partial charge in [0.2, 0.25) is 0 Å². The monoisotopic (exact) mass is 278 g/mol. The number of carbonyl (C=O) groups is 2. The number of aromatic nitrogens is 2. The van der Waals surface area contributed by atoms with Gasteiger partial charge >= 0.3 is 11.9 Å². The predicted molar refractivity (Wildman–Crippen MR) is 69.5 cm³/mol. The van der Waals surface area contributed by atoms with Gasteiger partial charge in [0.25, 0.3) is 5.79 Å². The molecule has 8 heteroatoms. The first-order valence-electron chi connectivity index (χ1n) is 5.86. The largest absolute Gasteiger partial charge is 0.419 e. The minimum atomic E-state index is -1.25. The van der Waals surface area contributed by atoms with Gasteiger partial charge in [-0.05, 0) is 12.1 Å². The first-order chi connectivity index (χ1) is 9.41. The van der Waals surface area contributed by atoms with E-state index < -0.39 is 17.7 Å². The maximum absolute atomic E-state index is 11.7. The van der Waals surface area contributed by atoms with Crippen molar-refractivity contribution in [2.45, 2.75) is 19.6 Å². The van der Waals surface area contributed by atoms with E-state index in [4.69, 9.17) is 9.47 Å². The Balaban J connectivity index is 2.10. The maximum atomic E-state index is 11.7. The van der Waals surface area contributed by atoms with Gasteiger partial charge in [0.1, 0.15) is 5.82 Å². The molecule has 2 rings (SSSR count). The van der Waals surface area contributed by atoms with Crippen LogP contribution in [0, 0.1) is 0 Å². The molecule has 0 saturated carbocycles. The topological polar surface area (TPSA) is 102 Å². The molecule has 106 valence electrons. The fraction of sp³-hybridized carbons (Fsp3) is 0.333. The van der Waals surface area contributed by atoms with Crippen LogP contribution >= 0.6 is 0 Å². The molecule has 0 unspecified atom stereocenters. The van der Waals surface area contributed by atoms with Gasteiger partial charge in [0, 0.05) is 27.1 Å². The smallest absolute Gasteiger partial charge is 0.350 e. The van der Waals surface area contributed by atoms with Crippen LogP contribution in [-0.4, -0.2) is 35.0 Å². The zero-order valence-electron chi connectivity index (χ0n) is 11.3. The van der Waals surface area contributed by atoms with Gasteiger partial charge < -0.3 is 20.1 Å². The quantitative estimate of drug-likeness (QED) is 0.472. The maximum Gasteiger partial charge on any atom is 0.350 e. The van der Waals surface area contributed by atoms with Crippen molar-refractivity contribution in [2.24, 2.45) is 0 Å². The highest BCUT2D eigenvalue weighted by Gasteiger charge is 2.38. The number of carbonyl (C=O) groups excluding carboxylic acids is 2. The van der Waals surface area contributed by atoms with Gasteiger partial charge in [-0.1, -0.05) is 0 Å². The van der Waals surface area contributed by atoms with Crippen molar-refractivity contribution < 1.29 is 19.1 Å². The van der Waals surface area contributed by atoms with Crippen LogP contribution in [-0.2, 0) is 19.1 Å². The second kappa shape index (κ2) is 5.16. The van der Waals surface area contributed by atoms with E-state index in [9.17, 15) is 9.59 Å². The summed E-state index contributed by atoms with van der Waals surface area (Å²) in [5, 5.41) is 13.2. The number of esters is 2. The molecule has 20 heavy (non-hydrogen) atoms. The average Bonchev–Trinajstić information content (AvgIpc) is 2.37. The minimum Gasteiger partial charge on any atom is -0.419 e. The molecule has 1 aliphatic rings. The van der Waals surface area contributed by atoms with Crippen molar-refractivity contribution in [1.29, 1.82) is 0 Å². The van der Waals surface area contributed by atoms with E-state index in [0.29, 0.717) is 11.6 Å². The first kappa shape index (κ1) is 13.8. The first-order valence-corrected chi connectivity index (χ1v) is 5.86. The molecule has 2 heterocycles. The molecule has 0 amide bonds. The molecule has 0 radical (unpaired) electrons. The molecular formula is C12H14N4O4. The molecule has 1 aromatic rings. The molecule has 1 saturated heterocycles. The van der Waals surface area contributed by atoms with Crippen LogP contribution in [0.5, 0.6) is 0 Å². The van der Waals surface area contributed by atoms with Crippen molar-refractivity contribution in [2.75, 3.05) is 17.7 Å². The summed E-state index contributed by atoms with van der Waals surface area (Å²) in [5.74, 6) is -1.78. The summed E-state index contributed by atoms with van der Waals surface area (Å²) in [7, 11) is 1.72. The van der Waals surface area contributed by atoms with E-state index in [1.54, 1.807) is 19.2 Å². The summed E-state index contributed by atoms with van der Waals surface area (Å²) >= 11 is 0. The van der Waals surface area contributed by atoms with E-state index in [2.05, 4.69) is 20.8 Å². The van der Waals surface area contributed by atoms with Gasteiger partial charge in [0.05, 0.1) is 0 Å². The van der Waals surface area contributed by atoms with Gasteiger partial charge in [-0.2, -0.15) is 0 Å². The van der Waals surface area contributed by atoms with E-state index >= 15 is 0 Å². The van der Waals surface area contributed by atoms with Gasteiger partial charge in [-0.25, -0.2) is 9.59 Å². The highest BCUT2D eigenvalue weighted by Crippen LogP contribution is 2.22. The molecule has 2 N–H and O–H groups in total. The van der Waals surface area contributed by atoms with Gasteiger partial charge in [-0.3, -0.25) is 0 Å². The summed E-state index contributed by atoms with van der Waals surface area (Å²) in [5.41, 5.74) is -0.233. The molecular weight excluding hydrogens is 264 g/mol. The number of anilines is 2. The van der Waals surface area contributed by atoms with Crippen LogP contribution in [0.3, 0.4) is 0 Å².